The number of rotatable bonds is 12. The lowest BCUT2D eigenvalue weighted by atomic mass is 10.1. The van der Waals surface area contributed by atoms with Gasteiger partial charge in [-0.1, -0.05) is 48.2 Å². The topological polar surface area (TPSA) is 122 Å². The minimum Gasteiger partial charge on any atom is -0.493 e. The molecule has 0 atom stereocenters. The molecule has 2 aromatic heterocycles. The molecular formula is C28H30ClN5O4. The van der Waals surface area contributed by atoms with Crippen molar-refractivity contribution in [2.45, 2.75) is 39.2 Å². The number of aryl methyl sites for hydroxylation is 1. The maximum atomic E-state index is 11.9. The molecule has 4 aromatic rings. The van der Waals surface area contributed by atoms with Gasteiger partial charge in [0.15, 0.2) is 11.5 Å². The van der Waals surface area contributed by atoms with Crippen LogP contribution >= 0.6 is 11.6 Å². The molecule has 1 fully saturated rings. The Bertz CT molecular complexity index is 1450. The Balaban J connectivity index is 1.68. The summed E-state index contributed by atoms with van der Waals surface area (Å²) in [5.74, 6) is 0.828. The van der Waals surface area contributed by atoms with Crippen LogP contribution in [0.25, 0.3) is 22.6 Å². The van der Waals surface area contributed by atoms with E-state index in [9.17, 15) is 15.0 Å². The monoisotopic (exact) mass is 535 g/mol. The van der Waals surface area contributed by atoms with Crippen molar-refractivity contribution in [1.29, 1.82) is 0 Å². The van der Waals surface area contributed by atoms with E-state index in [1.807, 2.05) is 54.0 Å². The van der Waals surface area contributed by atoms with Crippen molar-refractivity contribution in [3.05, 3.63) is 64.4 Å². The molecule has 0 bridgehead atoms. The highest BCUT2D eigenvalue weighted by atomic mass is 35.5. The zero-order valence-electron chi connectivity index (χ0n) is 21.2. The number of hydrogen-bond acceptors (Lipinski definition) is 7. The number of imidazole rings is 1. The third-order valence-electron chi connectivity index (χ3n) is 6.53. The number of carbonyl (C=O) groups is 1. The van der Waals surface area contributed by atoms with E-state index in [2.05, 4.69) is 15.3 Å². The van der Waals surface area contributed by atoms with E-state index >= 15 is 0 Å². The van der Waals surface area contributed by atoms with Crippen molar-refractivity contribution in [3.8, 4) is 17.1 Å². The highest BCUT2D eigenvalue weighted by Crippen LogP contribution is 2.36. The minimum absolute atomic E-state index is 0.0275. The van der Waals surface area contributed by atoms with Gasteiger partial charge in [0, 0.05) is 31.1 Å². The van der Waals surface area contributed by atoms with Gasteiger partial charge in [-0.3, -0.25) is 0 Å². The van der Waals surface area contributed by atoms with Gasteiger partial charge in [-0.25, -0.2) is 19.7 Å². The lowest BCUT2D eigenvalue weighted by Gasteiger charge is -2.16. The van der Waals surface area contributed by atoms with Crippen molar-refractivity contribution in [2.75, 3.05) is 25.1 Å². The molecule has 0 aliphatic heterocycles. The zero-order chi connectivity index (χ0) is 26.6. The number of ether oxygens (including phenoxy) is 1. The summed E-state index contributed by atoms with van der Waals surface area (Å²) in [6.07, 6.45) is 3.95. The second kappa shape index (κ2) is 11.4. The van der Waals surface area contributed by atoms with E-state index < -0.39 is 5.97 Å². The van der Waals surface area contributed by atoms with Crippen LogP contribution in [0.5, 0.6) is 5.75 Å². The number of aromatic carboxylic acids is 1. The van der Waals surface area contributed by atoms with Crippen molar-refractivity contribution < 1.29 is 19.7 Å². The van der Waals surface area contributed by atoms with Crippen LogP contribution in [0.3, 0.4) is 0 Å². The largest absolute Gasteiger partial charge is 0.493 e. The highest BCUT2D eigenvalue weighted by molar-refractivity contribution is 6.30. The first-order chi connectivity index (χ1) is 18.4. The number of benzene rings is 2. The predicted octanol–water partition coefficient (Wildman–Crippen LogP) is 5.17. The first kappa shape index (κ1) is 25.9. The molecule has 1 aliphatic carbocycles. The summed E-state index contributed by atoms with van der Waals surface area (Å²) in [4.78, 5) is 25.4. The average Bonchev–Trinajstić information content (AvgIpc) is 3.66. The Kier molecular flexibility index (Phi) is 7.76. The molecule has 0 saturated heterocycles. The number of halogens is 1. The molecule has 0 amide bonds. The fraction of sp³-hybridized carbons (Fsp3) is 0.357. The summed E-state index contributed by atoms with van der Waals surface area (Å²) in [6.45, 7) is 3.47. The van der Waals surface area contributed by atoms with Crippen molar-refractivity contribution in [3.63, 3.8) is 0 Å². The van der Waals surface area contributed by atoms with Gasteiger partial charge in [0.2, 0.25) is 5.82 Å². The lowest BCUT2D eigenvalue weighted by molar-refractivity contribution is 0.0684. The number of nitrogens with zero attached hydrogens (tertiary/aromatic N) is 4. The Labute approximate surface area is 225 Å². The number of fused-ring (bicyclic) bond motifs is 1. The first-order valence-corrected chi connectivity index (χ1v) is 13.2. The summed E-state index contributed by atoms with van der Waals surface area (Å²) >= 11 is 6.14. The summed E-state index contributed by atoms with van der Waals surface area (Å²) < 4.78 is 8.02. The molecule has 0 spiro atoms. The first-order valence-electron chi connectivity index (χ1n) is 12.8. The third kappa shape index (κ3) is 5.89. The minimum atomic E-state index is -1.21. The fourth-order valence-corrected chi connectivity index (χ4v) is 4.51. The molecule has 2 heterocycles. The Hall–Kier alpha value is -3.69. The molecular weight excluding hydrogens is 506 g/mol. The van der Waals surface area contributed by atoms with Crippen LogP contribution < -0.4 is 10.1 Å². The normalized spacial score (nSPS) is 13.1. The number of aliphatic hydroxyl groups is 1. The van der Waals surface area contributed by atoms with Crippen molar-refractivity contribution in [1.82, 2.24) is 19.5 Å². The maximum absolute atomic E-state index is 11.9. The van der Waals surface area contributed by atoms with Crippen molar-refractivity contribution >= 4 is 34.6 Å². The van der Waals surface area contributed by atoms with Crippen LogP contribution in [0, 0.1) is 12.8 Å². The van der Waals surface area contributed by atoms with Gasteiger partial charge in [-0.15, -0.1) is 0 Å². The SMILES string of the molecule is Cc1ccc(OCCCO)c(-c2nc3nc(C(=O)O)nc(NCCC4CC4)c3n2Cc2ccc(Cl)cc2)c1. The number of hydrogen-bond donors (Lipinski definition) is 3. The van der Waals surface area contributed by atoms with E-state index in [1.165, 1.54) is 12.8 Å². The van der Waals surface area contributed by atoms with Crippen LogP contribution in [0.4, 0.5) is 5.82 Å². The molecule has 0 radical (unpaired) electrons. The molecule has 9 nitrogen and oxygen atoms in total. The average molecular weight is 536 g/mol. The standard InChI is InChI=1S/C28H30ClN5O4/c1-17-3-10-22(38-14-2-13-35)21(15-17)27-33-25-23(34(27)16-19-6-8-20(29)9-7-19)24(30-12-11-18-4-5-18)31-26(32-25)28(36)37/h3,6-10,15,18,35H,2,4-5,11-14,16H2,1H3,(H,36,37)(H,30,31,32). The van der Waals surface area contributed by atoms with E-state index in [1.54, 1.807) is 0 Å². The van der Waals surface area contributed by atoms with Crippen LogP contribution in [0.2, 0.25) is 5.02 Å². The molecule has 38 heavy (non-hydrogen) atoms. The number of carboxylic acids is 1. The summed E-state index contributed by atoms with van der Waals surface area (Å²) in [7, 11) is 0. The number of aromatic nitrogens is 4. The van der Waals surface area contributed by atoms with Crippen LogP contribution in [-0.4, -0.2) is 55.5 Å². The van der Waals surface area contributed by atoms with Crippen LogP contribution in [0.1, 0.15) is 47.4 Å². The van der Waals surface area contributed by atoms with Gasteiger partial charge >= 0.3 is 5.97 Å². The van der Waals surface area contributed by atoms with Gasteiger partial charge < -0.3 is 24.8 Å². The quantitative estimate of drug-likeness (QED) is 0.212. The lowest BCUT2D eigenvalue weighted by Crippen LogP contribution is -2.12. The number of anilines is 1. The maximum Gasteiger partial charge on any atom is 0.374 e. The molecule has 5 rings (SSSR count). The Morgan fingerprint density at radius 1 is 1.16 bits per heavy atom. The van der Waals surface area contributed by atoms with E-state index in [-0.39, 0.29) is 18.1 Å². The van der Waals surface area contributed by atoms with Gasteiger partial charge in [-0.05, 0) is 49.1 Å². The zero-order valence-corrected chi connectivity index (χ0v) is 21.9. The molecule has 2 aromatic carbocycles. The smallest absolute Gasteiger partial charge is 0.374 e. The fourth-order valence-electron chi connectivity index (χ4n) is 4.38. The van der Waals surface area contributed by atoms with Crippen molar-refractivity contribution in [2.24, 2.45) is 5.92 Å². The van der Waals surface area contributed by atoms with E-state index in [0.717, 1.165) is 23.1 Å². The second-order valence-electron chi connectivity index (χ2n) is 9.61. The number of aliphatic hydroxyl groups excluding tert-OH is 1. The predicted molar refractivity (Wildman–Crippen MR) is 146 cm³/mol. The van der Waals surface area contributed by atoms with Crippen LogP contribution in [0.15, 0.2) is 42.5 Å². The van der Waals surface area contributed by atoms with Gasteiger partial charge in [0.05, 0.1) is 12.2 Å². The number of nitrogens with one attached hydrogen (secondary N) is 1. The molecule has 3 N–H and O–H groups in total. The molecule has 1 saturated carbocycles. The highest BCUT2D eigenvalue weighted by Gasteiger charge is 2.25. The van der Waals surface area contributed by atoms with Gasteiger partial charge in [0.25, 0.3) is 0 Å². The summed E-state index contributed by atoms with van der Waals surface area (Å²) in [5.41, 5.74) is 3.66. The second-order valence-corrected chi connectivity index (χ2v) is 10.0. The Morgan fingerprint density at radius 3 is 2.66 bits per heavy atom. The van der Waals surface area contributed by atoms with E-state index in [4.69, 9.17) is 21.3 Å². The summed E-state index contributed by atoms with van der Waals surface area (Å²) in [6, 6.07) is 13.4. The van der Waals surface area contributed by atoms with E-state index in [0.29, 0.717) is 60.0 Å². The third-order valence-corrected chi connectivity index (χ3v) is 6.78. The molecule has 1 aliphatic rings. The van der Waals surface area contributed by atoms with Crippen LogP contribution in [-0.2, 0) is 6.54 Å². The molecule has 0 unspecified atom stereocenters. The molecule has 10 heteroatoms. The van der Waals surface area contributed by atoms with Gasteiger partial charge in [-0.2, -0.15) is 0 Å². The molecule has 198 valence electrons. The van der Waals surface area contributed by atoms with Gasteiger partial charge in [0.1, 0.15) is 17.1 Å². The summed E-state index contributed by atoms with van der Waals surface area (Å²) in [5, 5.41) is 22.9. The Morgan fingerprint density at radius 2 is 1.95 bits per heavy atom. The number of carboxylic acid groups (broad SMARTS) is 1.